The maximum atomic E-state index is 14.3. The molecule has 1 fully saturated rings. The highest BCUT2D eigenvalue weighted by Crippen LogP contribution is 2.48. The van der Waals surface area contributed by atoms with Crippen molar-refractivity contribution >= 4 is 25.1 Å². The van der Waals surface area contributed by atoms with Crippen molar-refractivity contribution in [3.8, 4) is 11.8 Å². The van der Waals surface area contributed by atoms with Crippen LogP contribution in [0, 0.1) is 17.2 Å². The fourth-order valence-electron chi connectivity index (χ4n) is 5.86. The van der Waals surface area contributed by atoms with E-state index in [1.54, 1.807) is 18.2 Å². The Hall–Kier alpha value is -3.57. The summed E-state index contributed by atoms with van der Waals surface area (Å²) in [6.07, 6.45) is 2.07. The van der Waals surface area contributed by atoms with Gasteiger partial charge >= 0.3 is 13.7 Å². The summed E-state index contributed by atoms with van der Waals surface area (Å²) in [7, 11) is -4.35. The molecule has 15 heteroatoms. The number of hydrogen-bond donors (Lipinski definition) is 4. The molecule has 2 aromatic heterocycles. The zero-order chi connectivity index (χ0) is 33.1. The molecule has 5 N–H and O–H groups in total. The van der Waals surface area contributed by atoms with Crippen molar-refractivity contribution in [2.24, 2.45) is 5.92 Å². The average Bonchev–Trinajstić information content (AvgIpc) is 3.60. The molecule has 1 aliphatic heterocycles. The third kappa shape index (κ3) is 6.76. The first-order valence-electron chi connectivity index (χ1n) is 15.6. The first-order valence-corrected chi connectivity index (χ1v) is 17.1. The number of aliphatic hydroxyl groups excluding tert-OH is 2. The average molecular weight is 657 g/mol. The van der Waals surface area contributed by atoms with Crippen molar-refractivity contribution in [2.45, 2.75) is 89.3 Å². The quantitative estimate of drug-likeness (QED) is 0.154. The Morgan fingerprint density at radius 3 is 2.70 bits per heavy atom. The van der Waals surface area contributed by atoms with E-state index >= 15 is 0 Å². The smallest absolute Gasteiger partial charge is 0.459 e. The number of nitriles is 1. The second-order valence-electron chi connectivity index (χ2n) is 11.8. The number of esters is 1. The highest BCUT2D eigenvalue weighted by Gasteiger charge is 2.58. The Bertz CT molecular complexity index is 1640. The number of benzene rings is 1. The summed E-state index contributed by atoms with van der Waals surface area (Å²) in [6, 6.07) is 9.33. The lowest BCUT2D eigenvalue weighted by Gasteiger charge is -2.26. The summed E-state index contributed by atoms with van der Waals surface area (Å²) >= 11 is 0. The zero-order valence-corrected chi connectivity index (χ0v) is 27.1. The van der Waals surface area contributed by atoms with Crippen LogP contribution in [0.15, 0.2) is 36.7 Å². The van der Waals surface area contributed by atoms with Gasteiger partial charge in [-0.1, -0.05) is 32.8 Å². The van der Waals surface area contributed by atoms with Crippen LogP contribution in [-0.2, 0) is 41.8 Å². The fourth-order valence-corrected chi connectivity index (χ4v) is 7.35. The number of aryl methyl sites for hydroxylation is 2. The minimum atomic E-state index is -4.35. The van der Waals surface area contributed by atoms with Crippen LogP contribution in [0.25, 0.3) is 5.52 Å². The summed E-state index contributed by atoms with van der Waals surface area (Å²) in [6.45, 7) is 5.15. The molecule has 248 valence electrons. The van der Waals surface area contributed by atoms with Crippen LogP contribution in [-0.4, -0.2) is 68.3 Å². The second-order valence-corrected chi connectivity index (χ2v) is 13.5. The highest BCUT2D eigenvalue weighted by atomic mass is 31.2. The van der Waals surface area contributed by atoms with Crippen LogP contribution in [0.5, 0.6) is 5.75 Å². The molecule has 1 unspecified atom stereocenters. The van der Waals surface area contributed by atoms with E-state index in [0.717, 1.165) is 44.1 Å². The minimum Gasteiger partial charge on any atom is -0.464 e. The lowest BCUT2D eigenvalue weighted by Crippen LogP contribution is -2.41. The predicted molar refractivity (Wildman–Crippen MR) is 166 cm³/mol. The predicted octanol–water partition coefficient (Wildman–Crippen LogP) is 3.19. The van der Waals surface area contributed by atoms with E-state index in [9.17, 15) is 24.8 Å². The van der Waals surface area contributed by atoms with Crippen molar-refractivity contribution in [3.05, 3.63) is 53.5 Å². The molecule has 0 radical (unpaired) electrons. The van der Waals surface area contributed by atoms with E-state index in [-0.39, 0.29) is 29.8 Å². The van der Waals surface area contributed by atoms with Crippen LogP contribution >= 0.6 is 7.75 Å². The molecule has 0 spiro atoms. The van der Waals surface area contributed by atoms with Crippen LogP contribution in [0.1, 0.15) is 63.3 Å². The third-order valence-corrected chi connectivity index (χ3v) is 10.4. The van der Waals surface area contributed by atoms with Gasteiger partial charge in [0.25, 0.3) is 0 Å². The molecule has 2 aliphatic rings. The maximum Gasteiger partial charge on any atom is 0.459 e. The number of nitrogens with zero attached hydrogens (tertiary/aromatic N) is 4. The number of nitrogens with one attached hydrogen (secondary N) is 1. The number of fused-ring (bicyclic) bond motifs is 2. The minimum absolute atomic E-state index is 0.105. The molecule has 14 nitrogen and oxygen atoms in total. The van der Waals surface area contributed by atoms with Gasteiger partial charge in [-0.2, -0.15) is 15.4 Å². The summed E-state index contributed by atoms with van der Waals surface area (Å²) < 4.78 is 38.7. The van der Waals surface area contributed by atoms with Crippen LogP contribution in [0.4, 0.5) is 5.82 Å². The number of aliphatic hydroxyl groups is 2. The molecule has 0 saturated carbocycles. The van der Waals surface area contributed by atoms with E-state index in [1.807, 2.05) is 26.0 Å². The molecule has 46 heavy (non-hydrogen) atoms. The molecule has 1 aliphatic carbocycles. The van der Waals surface area contributed by atoms with Gasteiger partial charge in [0, 0.05) is 0 Å². The zero-order valence-electron chi connectivity index (χ0n) is 26.2. The number of ether oxygens (including phenoxy) is 2. The SMILES string of the molecule is CCC(CC)COC(=O)[C@H](C)NP(=O)(OC[C@H]1O[C@@](C#N)(c2ccc3c(N)ncnn23)[C@H](O)[C@@H]1O)Oc1ccc2c(c1)CCCC2. The molecule has 0 amide bonds. The monoisotopic (exact) mass is 656 g/mol. The van der Waals surface area contributed by atoms with Gasteiger partial charge in [-0.3, -0.25) is 9.32 Å². The summed E-state index contributed by atoms with van der Waals surface area (Å²) in [4.78, 5) is 16.8. The molecule has 0 bridgehead atoms. The van der Waals surface area contributed by atoms with Crippen molar-refractivity contribution in [3.63, 3.8) is 0 Å². The molecule has 6 atom stereocenters. The Morgan fingerprint density at radius 2 is 1.98 bits per heavy atom. The van der Waals surface area contributed by atoms with Crippen LogP contribution in [0.2, 0.25) is 0 Å². The summed E-state index contributed by atoms with van der Waals surface area (Å²) in [5.74, 6) is -0.0342. The number of hydrogen-bond acceptors (Lipinski definition) is 12. The number of carbonyl (C=O) groups excluding carboxylic acids is 1. The van der Waals surface area contributed by atoms with Crippen molar-refractivity contribution in [1.29, 1.82) is 5.26 Å². The molecular formula is C31H41N6O8P. The lowest BCUT2D eigenvalue weighted by molar-refractivity contribution is -0.146. The van der Waals surface area contributed by atoms with Gasteiger partial charge in [0.1, 0.15) is 48.0 Å². The van der Waals surface area contributed by atoms with E-state index < -0.39 is 50.3 Å². The molecule has 3 aromatic rings. The number of nitrogen functional groups attached to an aromatic ring is 1. The molecule has 1 saturated heterocycles. The van der Waals surface area contributed by atoms with Gasteiger partial charge in [0.2, 0.25) is 5.60 Å². The van der Waals surface area contributed by atoms with E-state index in [2.05, 4.69) is 15.2 Å². The standard InChI is InChI=1S/C31H41N6O8P/c1-4-20(5-2)15-42-30(40)19(3)36-46(41,45-23-11-10-21-8-6-7-9-22(21)14-23)43-16-25-27(38)28(39)31(17-32,44-25)26-13-12-24-29(33)34-18-35-37(24)26/h10-14,18-20,25,27-28,38-39H,4-9,15-16H2,1-3H3,(H,36,41)(H2,33,34,35)/t19-,25+,27+,28+,31-,46?/m0/s1. The third-order valence-electron chi connectivity index (χ3n) is 8.76. The van der Waals surface area contributed by atoms with Gasteiger partial charge in [0.05, 0.1) is 18.9 Å². The Morgan fingerprint density at radius 1 is 1.24 bits per heavy atom. The Labute approximate surface area is 267 Å². The van der Waals surface area contributed by atoms with Gasteiger partial charge < -0.3 is 29.9 Å². The van der Waals surface area contributed by atoms with Gasteiger partial charge in [0.15, 0.2) is 5.82 Å². The first-order chi connectivity index (χ1) is 22.0. The Kier molecular flexibility index (Phi) is 10.3. The molecule has 3 heterocycles. The van der Waals surface area contributed by atoms with Crippen molar-refractivity contribution in [1.82, 2.24) is 19.7 Å². The van der Waals surface area contributed by atoms with E-state index in [0.29, 0.717) is 5.52 Å². The summed E-state index contributed by atoms with van der Waals surface area (Å²) in [5, 5.41) is 39.1. The largest absolute Gasteiger partial charge is 0.464 e. The van der Waals surface area contributed by atoms with Crippen LogP contribution in [0.3, 0.4) is 0 Å². The first kappa shape index (κ1) is 33.8. The molecular weight excluding hydrogens is 615 g/mol. The lowest BCUT2D eigenvalue weighted by atomic mass is 9.92. The highest BCUT2D eigenvalue weighted by molar-refractivity contribution is 7.52. The van der Waals surface area contributed by atoms with Crippen molar-refractivity contribution < 1.29 is 38.1 Å². The van der Waals surface area contributed by atoms with Gasteiger partial charge in [-0.05, 0) is 73.9 Å². The van der Waals surface area contributed by atoms with Gasteiger partial charge in [-0.25, -0.2) is 14.1 Å². The topological polar surface area (TPSA) is 204 Å². The number of nitrogens with two attached hydrogens (primary N) is 1. The van der Waals surface area contributed by atoms with Crippen LogP contribution < -0.4 is 15.3 Å². The van der Waals surface area contributed by atoms with E-state index in [1.165, 1.54) is 29.4 Å². The number of rotatable bonds is 13. The fraction of sp³-hybridized carbons (Fsp3) is 0.548. The Balaban J connectivity index is 1.37. The number of anilines is 1. The maximum absolute atomic E-state index is 14.3. The number of aromatic nitrogens is 3. The van der Waals surface area contributed by atoms with Crippen molar-refractivity contribution in [2.75, 3.05) is 18.9 Å². The molecule has 1 aromatic carbocycles. The van der Waals surface area contributed by atoms with Gasteiger partial charge in [-0.15, -0.1) is 0 Å². The number of carbonyl (C=O) groups is 1. The second kappa shape index (κ2) is 14.0. The van der Waals surface area contributed by atoms with E-state index in [4.69, 9.17) is 24.3 Å². The molecule has 5 rings (SSSR count). The summed E-state index contributed by atoms with van der Waals surface area (Å²) in [5.41, 5.74) is 6.60. The normalized spacial score (nSPS) is 24.7.